The second kappa shape index (κ2) is 12.6. The molecule has 47 heavy (non-hydrogen) atoms. The second-order valence-electron chi connectivity index (χ2n) is 13.1. The molecule has 2 aromatic heterocycles. The summed E-state index contributed by atoms with van der Waals surface area (Å²) in [6.45, 7) is 7.59. The predicted molar refractivity (Wildman–Crippen MR) is 181 cm³/mol. The Bertz CT molecular complexity index is 1910. The Balaban J connectivity index is 1.32. The maximum absolute atomic E-state index is 14.4. The molecule has 0 spiro atoms. The van der Waals surface area contributed by atoms with Gasteiger partial charge in [-0.3, -0.25) is 4.79 Å². The van der Waals surface area contributed by atoms with Crippen molar-refractivity contribution in [1.82, 2.24) is 19.9 Å². The van der Waals surface area contributed by atoms with Gasteiger partial charge in [0, 0.05) is 29.8 Å². The molecule has 244 valence electrons. The smallest absolute Gasteiger partial charge is 0.264 e. The number of ether oxygens (including phenoxy) is 1. The number of pyridine rings is 1. The SMILES string of the molecule is Cc1cccc(C)c1-c1cc2nc(n1)NS(=O)(=O)c1cccc(c1)C(=O)N(Cc1cccc(N3CCC[C@H]3C)n1)[C@H](CC1CC1)CO2. The van der Waals surface area contributed by atoms with Crippen LogP contribution in [0.3, 0.4) is 0 Å². The maximum atomic E-state index is 14.4. The molecule has 4 bridgehead atoms. The fourth-order valence-corrected chi connectivity index (χ4v) is 7.76. The van der Waals surface area contributed by atoms with Gasteiger partial charge in [0.25, 0.3) is 15.9 Å². The molecule has 4 aromatic rings. The summed E-state index contributed by atoms with van der Waals surface area (Å²) in [5.74, 6) is 1.26. The molecule has 0 radical (unpaired) electrons. The molecule has 1 saturated carbocycles. The summed E-state index contributed by atoms with van der Waals surface area (Å²) >= 11 is 0. The predicted octanol–water partition coefficient (Wildman–Crippen LogP) is 6.15. The zero-order valence-electron chi connectivity index (χ0n) is 27.0. The van der Waals surface area contributed by atoms with E-state index in [0.29, 0.717) is 17.7 Å². The number of amides is 1. The highest BCUT2D eigenvalue weighted by Crippen LogP contribution is 2.36. The molecule has 3 aliphatic rings. The van der Waals surface area contributed by atoms with Crippen molar-refractivity contribution in [2.75, 3.05) is 22.8 Å². The molecule has 1 amide bonds. The normalized spacial score (nSPS) is 20.9. The third-order valence-corrected chi connectivity index (χ3v) is 10.8. The highest BCUT2D eigenvalue weighted by molar-refractivity contribution is 7.92. The summed E-state index contributed by atoms with van der Waals surface area (Å²) in [5.41, 5.74) is 4.48. The van der Waals surface area contributed by atoms with Crippen LogP contribution in [0.4, 0.5) is 11.8 Å². The molecule has 7 rings (SSSR count). The highest BCUT2D eigenvalue weighted by atomic mass is 32.2. The number of hydrogen-bond donors (Lipinski definition) is 1. The van der Waals surface area contributed by atoms with Crippen LogP contribution >= 0.6 is 0 Å². The van der Waals surface area contributed by atoms with Crippen molar-refractivity contribution in [3.63, 3.8) is 0 Å². The number of carbonyl (C=O) groups is 1. The van der Waals surface area contributed by atoms with Crippen LogP contribution < -0.4 is 14.4 Å². The molecule has 1 aliphatic carbocycles. The average molecular weight is 653 g/mol. The van der Waals surface area contributed by atoms with Crippen LogP contribution in [0.15, 0.2) is 71.6 Å². The van der Waals surface area contributed by atoms with E-state index in [9.17, 15) is 13.2 Å². The van der Waals surface area contributed by atoms with Crippen LogP contribution in [0.1, 0.15) is 66.2 Å². The first-order chi connectivity index (χ1) is 22.6. The van der Waals surface area contributed by atoms with E-state index >= 15 is 0 Å². The minimum Gasteiger partial charge on any atom is -0.475 e. The number of benzene rings is 2. The maximum Gasteiger partial charge on any atom is 0.264 e. The molecule has 1 saturated heterocycles. The van der Waals surface area contributed by atoms with Gasteiger partial charge in [-0.2, -0.15) is 4.98 Å². The first kappa shape index (κ1) is 31.1. The molecule has 0 unspecified atom stereocenters. The van der Waals surface area contributed by atoms with Crippen LogP contribution in [0.25, 0.3) is 11.3 Å². The molecule has 2 aliphatic heterocycles. The summed E-state index contributed by atoms with van der Waals surface area (Å²) in [6, 6.07) is 19.9. The fourth-order valence-electron chi connectivity index (χ4n) is 6.77. The van der Waals surface area contributed by atoms with Crippen molar-refractivity contribution in [1.29, 1.82) is 0 Å². The largest absolute Gasteiger partial charge is 0.475 e. The van der Waals surface area contributed by atoms with E-state index in [4.69, 9.17) is 9.72 Å². The summed E-state index contributed by atoms with van der Waals surface area (Å²) in [7, 11) is -4.14. The van der Waals surface area contributed by atoms with Crippen molar-refractivity contribution >= 4 is 27.7 Å². The topological polar surface area (TPSA) is 118 Å². The Morgan fingerprint density at radius 1 is 0.936 bits per heavy atom. The Hall–Kier alpha value is -4.51. The minimum atomic E-state index is -4.14. The summed E-state index contributed by atoms with van der Waals surface area (Å²) in [5, 5.41) is 0. The number of anilines is 2. The lowest BCUT2D eigenvalue weighted by Gasteiger charge is -2.32. The van der Waals surface area contributed by atoms with Crippen molar-refractivity contribution in [3.05, 3.63) is 89.1 Å². The zero-order chi connectivity index (χ0) is 32.7. The van der Waals surface area contributed by atoms with Crippen LogP contribution in [0.5, 0.6) is 5.88 Å². The average Bonchev–Trinajstić information content (AvgIpc) is 3.77. The van der Waals surface area contributed by atoms with E-state index in [1.807, 2.05) is 55.1 Å². The first-order valence-corrected chi connectivity index (χ1v) is 17.9. The van der Waals surface area contributed by atoms with Gasteiger partial charge in [0.2, 0.25) is 11.8 Å². The Morgan fingerprint density at radius 2 is 1.70 bits per heavy atom. The van der Waals surface area contributed by atoms with Gasteiger partial charge < -0.3 is 14.5 Å². The Morgan fingerprint density at radius 3 is 2.45 bits per heavy atom. The molecule has 2 aromatic carbocycles. The van der Waals surface area contributed by atoms with Gasteiger partial charge in [0.1, 0.15) is 12.4 Å². The van der Waals surface area contributed by atoms with E-state index < -0.39 is 10.0 Å². The van der Waals surface area contributed by atoms with E-state index in [2.05, 4.69) is 26.5 Å². The molecule has 10 nitrogen and oxygen atoms in total. The molecule has 1 N–H and O–H groups in total. The lowest BCUT2D eigenvalue weighted by Crippen LogP contribution is -2.44. The number of sulfonamides is 1. The second-order valence-corrected chi connectivity index (χ2v) is 14.7. The van der Waals surface area contributed by atoms with Gasteiger partial charge in [-0.05, 0) is 87.4 Å². The van der Waals surface area contributed by atoms with Crippen molar-refractivity contribution in [2.45, 2.75) is 76.4 Å². The lowest BCUT2D eigenvalue weighted by atomic mass is 10.00. The van der Waals surface area contributed by atoms with Gasteiger partial charge >= 0.3 is 0 Å². The number of rotatable bonds is 6. The number of fused-ring (bicyclic) bond motifs is 4. The van der Waals surface area contributed by atoms with E-state index in [0.717, 1.165) is 66.9 Å². The van der Waals surface area contributed by atoms with Crippen LogP contribution in [-0.4, -0.2) is 59.4 Å². The number of aryl methyl sites for hydroxylation is 2. The molecular weight excluding hydrogens is 613 g/mol. The first-order valence-electron chi connectivity index (χ1n) is 16.4. The monoisotopic (exact) mass is 652 g/mol. The van der Waals surface area contributed by atoms with E-state index in [-0.39, 0.29) is 47.4 Å². The Kier molecular flexibility index (Phi) is 8.34. The zero-order valence-corrected chi connectivity index (χ0v) is 27.8. The third kappa shape index (κ3) is 6.67. The van der Waals surface area contributed by atoms with Crippen molar-refractivity contribution < 1.29 is 17.9 Å². The van der Waals surface area contributed by atoms with Crippen LogP contribution in [0, 0.1) is 19.8 Å². The molecule has 2 atom stereocenters. The van der Waals surface area contributed by atoms with Crippen molar-refractivity contribution in [2.24, 2.45) is 5.92 Å². The van der Waals surface area contributed by atoms with Crippen molar-refractivity contribution in [3.8, 4) is 17.1 Å². The minimum absolute atomic E-state index is 0.0482. The number of aromatic nitrogens is 3. The fraction of sp³-hybridized carbons (Fsp3) is 0.389. The van der Waals surface area contributed by atoms with Crippen LogP contribution in [0.2, 0.25) is 0 Å². The molecular formula is C36H40N6O4S. The summed E-state index contributed by atoms with van der Waals surface area (Å²) < 4.78 is 36.3. The van der Waals surface area contributed by atoms with E-state index in [1.54, 1.807) is 18.2 Å². The molecule has 11 heteroatoms. The summed E-state index contributed by atoms with van der Waals surface area (Å²) in [4.78, 5) is 32.6. The molecule has 2 fully saturated rings. The quantitative estimate of drug-likeness (QED) is 0.264. The number of nitrogens with one attached hydrogen (secondary N) is 1. The lowest BCUT2D eigenvalue weighted by molar-refractivity contribution is 0.0561. The van der Waals surface area contributed by atoms with Gasteiger partial charge in [-0.15, -0.1) is 0 Å². The third-order valence-electron chi connectivity index (χ3n) is 9.46. The molecule has 4 heterocycles. The van der Waals surface area contributed by atoms with E-state index in [1.165, 1.54) is 12.1 Å². The van der Waals surface area contributed by atoms with Gasteiger partial charge in [0.05, 0.1) is 28.9 Å². The number of carbonyl (C=O) groups excluding carboxylic acids is 1. The van der Waals surface area contributed by atoms with Gasteiger partial charge in [0.15, 0.2) is 0 Å². The van der Waals surface area contributed by atoms with Crippen LogP contribution in [-0.2, 0) is 16.6 Å². The van der Waals surface area contributed by atoms with Gasteiger partial charge in [-0.1, -0.05) is 43.2 Å². The summed E-state index contributed by atoms with van der Waals surface area (Å²) in [6.07, 6.45) is 5.21. The number of hydrogen-bond acceptors (Lipinski definition) is 8. The Labute approximate surface area is 276 Å². The standard InChI is InChI=1S/C36H40N6O4S/c1-23-8-4-9-24(2)34(23)31-20-33-39-36(38-31)40-47(44,45)30-13-5-11-27(19-30)35(43)42(29(22-46-33)18-26-15-16-26)21-28-12-6-14-32(37-28)41-17-7-10-25(41)3/h4-6,8-9,11-14,19-20,25-26,29H,7,10,15-18,21-22H2,1-3H3,(H,38,39,40)/t25-,29-/m1/s1. The highest BCUT2D eigenvalue weighted by Gasteiger charge is 2.34. The number of nitrogens with zero attached hydrogens (tertiary/aromatic N) is 5. The van der Waals surface area contributed by atoms with Gasteiger partial charge in [-0.25, -0.2) is 23.1 Å².